The highest BCUT2D eigenvalue weighted by molar-refractivity contribution is 5.73. The Morgan fingerprint density at radius 1 is 1.33 bits per heavy atom. The van der Waals surface area contributed by atoms with E-state index in [9.17, 15) is 4.79 Å². The SMILES string of the molecule is CC(C)(C)OC(=O)n1cc(-c2cnccn2)c(C2CC2)n1. The fourth-order valence-electron chi connectivity index (χ4n) is 2.08. The van der Waals surface area contributed by atoms with Crippen molar-refractivity contribution in [3.63, 3.8) is 0 Å². The molecule has 1 aliphatic rings. The van der Waals surface area contributed by atoms with Crippen molar-refractivity contribution in [2.24, 2.45) is 0 Å². The number of ether oxygens (including phenoxy) is 1. The van der Waals surface area contributed by atoms with Crippen LogP contribution in [0.15, 0.2) is 24.8 Å². The molecular formula is C15H18N4O2. The van der Waals surface area contributed by atoms with Gasteiger partial charge in [-0.2, -0.15) is 9.78 Å². The molecule has 21 heavy (non-hydrogen) atoms. The molecule has 0 N–H and O–H groups in total. The van der Waals surface area contributed by atoms with Crippen molar-refractivity contribution in [3.8, 4) is 11.3 Å². The summed E-state index contributed by atoms with van der Waals surface area (Å²) in [6.45, 7) is 5.50. The first-order chi connectivity index (χ1) is 9.94. The van der Waals surface area contributed by atoms with E-state index >= 15 is 0 Å². The first-order valence-electron chi connectivity index (χ1n) is 7.03. The molecule has 0 unspecified atom stereocenters. The molecule has 0 saturated heterocycles. The summed E-state index contributed by atoms with van der Waals surface area (Å²) in [5.74, 6) is 0.408. The second kappa shape index (κ2) is 4.95. The molecule has 0 spiro atoms. The fraction of sp³-hybridized carbons (Fsp3) is 0.467. The van der Waals surface area contributed by atoms with Crippen LogP contribution in [0, 0.1) is 0 Å². The average Bonchev–Trinajstić information content (AvgIpc) is 3.16. The minimum atomic E-state index is -0.546. The summed E-state index contributed by atoms with van der Waals surface area (Å²) in [6.07, 6.45) is 8.35. The number of nitrogens with zero attached hydrogens (tertiary/aromatic N) is 4. The number of aromatic nitrogens is 4. The molecule has 6 nitrogen and oxygen atoms in total. The van der Waals surface area contributed by atoms with Crippen molar-refractivity contribution in [2.75, 3.05) is 0 Å². The first kappa shape index (κ1) is 13.7. The number of rotatable bonds is 2. The number of hydrogen-bond donors (Lipinski definition) is 0. The van der Waals surface area contributed by atoms with E-state index < -0.39 is 11.7 Å². The smallest absolute Gasteiger partial charge is 0.435 e. The van der Waals surface area contributed by atoms with Crippen molar-refractivity contribution in [3.05, 3.63) is 30.5 Å². The van der Waals surface area contributed by atoms with E-state index in [0.29, 0.717) is 5.92 Å². The van der Waals surface area contributed by atoms with E-state index in [4.69, 9.17) is 4.74 Å². The Labute approximate surface area is 123 Å². The van der Waals surface area contributed by atoms with Crippen LogP contribution in [-0.4, -0.2) is 31.4 Å². The highest BCUT2D eigenvalue weighted by Crippen LogP contribution is 2.43. The van der Waals surface area contributed by atoms with Crippen molar-refractivity contribution in [2.45, 2.75) is 45.1 Å². The predicted molar refractivity (Wildman–Crippen MR) is 76.9 cm³/mol. The zero-order valence-corrected chi connectivity index (χ0v) is 12.4. The Morgan fingerprint density at radius 3 is 2.67 bits per heavy atom. The molecule has 1 fully saturated rings. The molecule has 2 aromatic heterocycles. The molecule has 0 atom stereocenters. The molecule has 0 bridgehead atoms. The first-order valence-corrected chi connectivity index (χ1v) is 7.03. The number of carbonyl (C=O) groups is 1. The number of hydrogen-bond acceptors (Lipinski definition) is 5. The molecule has 3 rings (SSSR count). The third kappa shape index (κ3) is 3.09. The molecule has 2 aromatic rings. The van der Waals surface area contributed by atoms with Gasteiger partial charge in [0.05, 0.1) is 17.6 Å². The lowest BCUT2D eigenvalue weighted by molar-refractivity contribution is 0.0514. The quantitative estimate of drug-likeness (QED) is 0.848. The van der Waals surface area contributed by atoms with Crippen LogP contribution in [0.1, 0.15) is 45.2 Å². The van der Waals surface area contributed by atoms with E-state index in [0.717, 1.165) is 29.8 Å². The van der Waals surface area contributed by atoms with Crippen molar-refractivity contribution < 1.29 is 9.53 Å². The monoisotopic (exact) mass is 286 g/mol. The summed E-state index contributed by atoms with van der Waals surface area (Å²) in [5, 5.41) is 4.41. The molecular weight excluding hydrogens is 268 g/mol. The molecule has 6 heteroatoms. The maximum atomic E-state index is 12.1. The minimum absolute atomic E-state index is 0.408. The van der Waals surface area contributed by atoms with Gasteiger partial charge in [0.2, 0.25) is 0 Å². The van der Waals surface area contributed by atoms with Gasteiger partial charge in [-0.15, -0.1) is 0 Å². The Morgan fingerprint density at radius 2 is 2.10 bits per heavy atom. The molecule has 1 saturated carbocycles. The van der Waals surface area contributed by atoms with E-state index in [1.54, 1.807) is 24.8 Å². The summed E-state index contributed by atoms with van der Waals surface area (Å²) in [5.41, 5.74) is 1.95. The molecule has 110 valence electrons. The standard InChI is InChI=1S/C15H18N4O2/c1-15(2,3)21-14(20)19-9-11(12-8-16-6-7-17-12)13(18-19)10-4-5-10/h6-10H,4-5H2,1-3H3. The van der Waals surface area contributed by atoms with Crippen LogP contribution in [-0.2, 0) is 4.74 Å². The van der Waals surface area contributed by atoms with Gasteiger partial charge in [-0.3, -0.25) is 9.97 Å². The lowest BCUT2D eigenvalue weighted by Crippen LogP contribution is -2.27. The molecule has 0 amide bonds. The van der Waals surface area contributed by atoms with Gasteiger partial charge in [-0.1, -0.05) is 0 Å². The van der Waals surface area contributed by atoms with Gasteiger partial charge >= 0.3 is 6.09 Å². The molecule has 0 aromatic carbocycles. The average molecular weight is 286 g/mol. The summed E-state index contributed by atoms with van der Waals surface area (Å²) in [7, 11) is 0. The van der Waals surface area contributed by atoms with Gasteiger partial charge in [-0.25, -0.2) is 4.79 Å². The Hall–Kier alpha value is -2.24. The normalized spacial score (nSPS) is 15.0. The van der Waals surface area contributed by atoms with E-state index in [-0.39, 0.29) is 0 Å². The lowest BCUT2D eigenvalue weighted by atomic mass is 10.1. The second-order valence-electron chi connectivity index (χ2n) is 6.22. The molecule has 1 aliphatic carbocycles. The van der Waals surface area contributed by atoms with Gasteiger partial charge in [0, 0.05) is 30.1 Å². The lowest BCUT2D eigenvalue weighted by Gasteiger charge is -2.18. The summed E-state index contributed by atoms with van der Waals surface area (Å²) >= 11 is 0. The molecule has 0 aliphatic heterocycles. The van der Waals surface area contributed by atoms with Crippen molar-refractivity contribution >= 4 is 6.09 Å². The zero-order valence-electron chi connectivity index (χ0n) is 12.4. The van der Waals surface area contributed by atoms with Crippen molar-refractivity contribution in [1.82, 2.24) is 19.7 Å². The van der Waals surface area contributed by atoms with Gasteiger partial charge in [-0.05, 0) is 33.6 Å². The fourth-order valence-corrected chi connectivity index (χ4v) is 2.08. The highest BCUT2D eigenvalue weighted by atomic mass is 16.6. The third-order valence-corrected chi connectivity index (χ3v) is 3.13. The Kier molecular flexibility index (Phi) is 3.23. The van der Waals surface area contributed by atoms with Crippen molar-refractivity contribution in [1.29, 1.82) is 0 Å². The van der Waals surface area contributed by atoms with E-state index in [2.05, 4.69) is 15.1 Å². The third-order valence-electron chi connectivity index (χ3n) is 3.13. The predicted octanol–water partition coefficient (Wildman–Crippen LogP) is 3.00. The topological polar surface area (TPSA) is 69.9 Å². The van der Waals surface area contributed by atoms with Gasteiger partial charge in [0.1, 0.15) is 5.60 Å². The summed E-state index contributed by atoms with van der Waals surface area (Å²) in [4.78, 5) is 20.5. The van der Waals surface area contributed by atoms with Crippen LogP contribution < -0.4 is 0 Å². The molecule has 0 radical (unpaired) electrons. The highest BCUT2D eigenvalue weighted by Gasteiger charge is 2.31. The van der Waals surface area contributed by atoms with Crippen LogP contribution in [0.5, 0.6) is 0 Å². The Bertz CT molecular complexity index is 654. The largest absolute Gasteiger partial charge is 0.442 e. The van der Waals surface area contributed by atoms with Gasteiger partial charge in [0.15, 0.2) is 0 Å². The maximum absolute atomic E-state index is 12.1. The molecule has 2 heterocycles. The van der Waals surface area contributed by atoms with Gasteiger partial charge < -0.3 is 4.74 Å². The maximum Gasteiger partial charge on any atom is 0.435 e. The van der Waals surface area contributed by atoms with E-state index in [1.807, 2.05) is 20.8 Å². The van der Waals surface area contributed by atoms with Gasteiger partial charge in [0.25, 0.3) is 0 Å². The van der Waals surface area contributed by atoms with E-state index in [1.165, 1.54) is 4.68 Å². The van der Waals surface area contributed by atoms with Crippen LogP contribution in [0.3, 0.4) is 0 Å². The van der Waals surface area contributed by atoms with Crippen LogP contribution >= 0.6 is 0 Å². The zero-order chi connectivity index (χ0) is 15.0. The second-order valence-corrected chi connectivity index (χ2v) is 6.22. The Balaban J connectivity index is 1.96. The van der Waals surface area contributed by atoms with Crippen LogP contribution in [0.2, 0.25) is 0 Å². The minimum Gasteiger partial charge on any atom is -0.442 e. The number of carbonyl (C=O) groups excluding carboxylic acids is 1. The van der Waals surface area contributed by atoms with Crippen LogP contribution in [0.25, 0.3) is 11.3 Å². The van der Waals surface area contributed by atoms with Crippen LogP contribution in [0.4, 0.5) is 4.79 Å². The summed E-state index contributed by atoms with van der Waals surface area (Å²) < 4.78 is 6.62. The summed E-state index contributed by atoms with van der Waals surface area (Å²) in [6, 6.07) is 0.